The molecule has 1 N–H and O–H groups in total. The van der Waals surface area contributed by atoms with Gasteiger partial charge in [-0.25, -0.2) is 4.79 Å². The third kappa shape index (κ3) is 5.57. The fourth-order valence-corrected chi connectivity index (χ4v) is 2.85. The van der Waals surface area contributed by atoms with Crippen molar-refractivity contribution in [2.24, 2.45) is 0 Å². The van der Waals surface area contributed by atoms with Crippen LogP contribution in [0.1, 0.15) is 42.2 Å². The molecule has 0 unspecified atom stereocenters. The molecule has 0 aromatic heterocycles. The van der Waals surface area contributed by atoms with Crippen LogP contribution in [0.15, 0.2) is 66.7 Å². The van der Waals surface area contributed by atoms with Crippen molar-refractivity contribution in [2.75, 3.05) is 19.0 Å². The molecule has 158 valence electrons. The number of hydrogen-bond acceptors (Lipinski definition) is 5. The average molecular weight is 417 g/mol. The van der Waals surface area contributed by atoms with E-state index in [4.69, 9.17) is 9.47 Å². The van der Waals surface area contributed by atoms with Crippen molar-refractivity contribution < 1.29 is 23.9 Å². The maximum atomic E-state index is 12.3. The summed E-state index contributed by atoms with van der Waals surface area (Å²) in [4.78, 5) is 36.8. The molecular formula is C25H23NO5. The molecule has 0 fully saturated rings. The third-order valence-electron chi connectivity index (χ3n) is 4.89. The second kappa shape index (κ2) is 9.71. The molecule has 3 rings (SSSR count). The van der Waals surface area contributed by atoms with Gasteiger partial charge in [0.2, 0.25) is 0 Å². The van der Waals surface area contributed by atoms with Crippen molar-refractivity contribution in [3.63, 3.8) is 0 Å². The van der Waals surface area contributed by atoms with Gasteiger partial charge in [-0.05, 0) is 79.6 Å². The number of rotatable bonds is 7. The summed E-state index contributed by atoms with van der Waals surface area (Å²) in [6.45, 7) is 3.55. The van der Waals surface area contributed by atoms with E-state index in [9.17, 15) is 14.4 Å². The zero-order valence-corrected chi connectivity index (χ0v) is 17.6. The van der Waals surface area contributed by atoms with Crippen molar-refractivity contribution in [3.8, 4) is 5.75 Å². The predicted molar refractivity (Wildman–Crippen MR) is 118 cm³/mol. The monoisotopic (exact) mass is 417 g/mol. The van der Waals surface area contributed by atoms with Gasteiger partial charge in [-0.1, -0.05) is 12.1 Å². The molecule has 0 heterocycles. The summed E-state index contributed by atoms with van der Waals surface area (Å²) in [6.07, 6.45) is 0. The number of nitrogens with one attached hydrogen (secondary N) is 1. The van der Waals surface area contributed by atoms with E-state index in [1.807, 2.05) is 19.9 Å². The summed E-state index contributed by atoms with van der Waals surface area (Å²) in [7, 11) is 1.56. The number of carbonyl (C=O) groups excluding carboxylic acids is 3. The largest absolute Gasteiger partial charge is 0.497 e. The number of amides is 1. The molecule has 0 atom stereocenters. The molecule has 1 amide bonds. The molecule has 3 aromatic carbocycles. The van der Waals surface area contributed by atoms with Crippen molar-refractivity contribution in [3.05, 3.63) is 94.5 Å². The van der Waals surface area contributed by atoms with Crippen LogP contribution in [-0.4, -0.2) is 31.4 Å². The summed E-state index contributed by atoms with van der Waals surface area (Å²) in [5.74, 6) is -0.489. The van der Waals surface area contributed by atoms with Crippen LogP contribution >= 0.6 is 0 Å². The summed E-state index contributed by atoms with van der Waals surface area (Å²) < 4.78 is 10.2. The zero-order chi connectivity index (χ0) is 22.4. The Hall–Kier alpha value is -3.93. The third-order valence-corrected chi connectivity index (χ3v) is 4.89. The number of esters is 1. The van der Waals surface area contributed by atoms with Crippen LogP contribution in [0.5, 0.6) is 5.75 Å². The first kappa shape index (κ1) is 21.8. The topological polar surface area (TPSA) is 81.7 Å². The molecule has 0 aliphatic carbocycles. The minimum atomic E-state index is -0.606. The van der Waals surface area contributed by atoms with Gasteiger partial charge in [0.25, 0.3) is 5.91 Å². The summed E-state index contributed by atoms with van der Waals surface area (Å²) in [5.41, 5.74) is 3.90. The number of carbonyl (C=O) groups is 3. The minimum Gasteiger partial charge on any atom is -0.497 e. The van der Waals surface area contributed by atoms with Gasteiger partial charge in [-0.3, -0.25) is 9.59 Å². The maximum Gasteiger partial charge on any atom is 0.338 e. The Bertz CT molecular complexity index is 1100. The minimum absolute atomic E-state index is 0.264. The smallest absolute Gasteiger partial charge is 0.338 e. The molecule has 6 heteroatoms. The Labute approximate surface area is 180 Å². The van der Waals surface area contributed by atoms with Crippen LogP contribution in [0.2, 0.25) is 0 Å². The quantitative estimate of drug-likeness (QED) is 0.449. The van der Waals surface area contributed by atoms with E-state index in [0.29, 0.717) is 22.6 Å². The lowest BCUT2D eigenvalue weighted by Gasteiger charge is -2.08. The van der Waals surface area contributed by atoms with Gasteiger partial charge in [0, 0.05) is 16.8 Å². The Balaban J connectivity index is 1.56. The van der Waals surface area contributed by atoms with Crippen molar-refractivity contribution in [2.45, 2.75) is 13.8 Å². The van der Waals surface area contributed by atoms with Crippen LogP contribution in [0.25, 0.3) is 0 Å². The average Bonchev–Trinajstić information content (AvgIpc) is 2.79. The Morgan fingerprint density at radius 1 is 0.774 bits per heavy atom. The highest BCUT2D eigenvalue weighted by molar-refractivity contribution is 6.04. The van der Waals surface area contributed by atoms with Crippen molar-refractivity contribution in [1.82, 2.24) is 0 Å². The van der Waals surface area contributed by atoms with E-state index in [1.54, 1.807) is 55.6 Å². The van der Waals surface area contributed by atoms with Crippen LogP contribution in [0, 0.1) is 13.8 Å². The number of ketones is 1. The number of ether oxygens (including phenoxy) is 2. The van der Waals surface area contributed by atoms with Crippen LogP contribution in [-0.2, 0) is 4.74 Å². The summed E-state index contributed by atoms with van der Waals surface area (Å²) in [6, 6.07) is 18.4. The van der Waals surface area contributed by atoms with Crippen molar-refractivity contribution >= 4 is 23.3 Å². The molecule has 0 saturated heterocycles. The number of hydrogen-bond donors (Lipinski definition) is 1. The first-order valence-corrected chi connectivity index (χ1v) is 9.70. The van der Waals surface area contributed by atoms with Gasteiger partial charge in [-0.15, -0.1) is 0 Å². The van der Waals surface area contributed by atoms with Gasteiger partial charge < -0.3 is 14.8 Å². The molecular weight excluding hydrogens is 394 g/mol. The van der Waals surface area contributed by atoms with Crippen LogP contribution < -0.4 is 10.1 Å². The lowest BCUT2D eigenvalue weighted by molar-refractivity contribution is 0.0475. The maximum absolute atomic E-state index is 12.3. The van der Waals surface area contributed by atoms with Crippen LogP contribution in [0.4, 0.5) is 5.69 Å². The Morgan fingerprint density at radius 3 is 2.00 bits per heavy atom. The molecule has 0 aliphatic heterocycles. The molecule has 0 aliphatic rings. The lowest BCUT2D eigenvalue weighted by atomic mass is 10.0. The first-order valence-electron chi connectivity index (χ1n) is 9.70. The molecule has 0 bridgehead atoms. The fourth-order valence-electron chi connectivity index (χ4n) is 2.85. The molecule has 0 spiro atoms. The van der Waals surface area contributed by atoms with E-state index >= 15 is 0 Å². The van der Waals surface area contributed by atoms with Gasteiger partial charge in [0.05, 0.1) is 12.7 Å². The van der Waals surface area contributed by atoms with E-state index in [1.165, 1.54) is 12.1 Å². The van der Waals surface area contributed by atoms with E-state index in [2.05, 4.69) is 5.32 Å². The highest BCUT2D eigenvalue weighted by Gasteiger charge is 2.13. The standard InChI is InChI=1S/C25H23NO5/c1-16-4-5-20(14-17(16)2)23(27)15-31-25(29)19-6-10-21(11-7-19)26-24(28)18-8-12-22(30-3)13-9-18/h4-14H,15H2,1-3H3,(H,26,28). The summed E-state index contributed by atoms with van der Waals surface area (Å²) in [5, 5.41) is 2.76. The summed E-state index contributed by atoms with van der Waals surface area (Å²) >= 11 is 0. The molecule has 31 heavy (non-hydrogen) atoms. The highest BCUT2D eigenvalue weighted by atomic mass is 16.5. The molecule has 0 radical (unpaired) electrons. The van der Waals surface area contributed by atoms with Gasteiger partial charge in [-0.2, -0.15) is 0 Å². The van der Waals surface area contributed by atoms with E-state index in [0.717, 1.165) is 11.1 Å². The number of benzene rings is 3. The highest BCUT2D eigenvalue weighted by Crippen LogP contribution is 2.15. The first-order chi connectivity index (χ1) is 14.9. The number of anilines is 1. The van der Waals surface area contributed by atoms with Crippen molar-refractivity contribution in [1.29, 1.82) is 0 Å². The Morgan fingerprint density at radius 2 is 1.39 bits per heavy atom. The zero-order valence-electron chi connectivity index (χ0n) is 17.6. The number of methoxy groups -OCH3 is 1. The predicted octanol–water partition coefficient (Wildman–Crippen LogP) is 4.60. The normalized spacial score (nSPS) is 10.3. The molecule has 0 saturated carbocycles. The van der Waals surface area contributed by atoms with Gasteiger partial charge in [0.1, 0.15) is 5.75 Å². The second-order valence-electron chi connectivity index (χ2n) is 7.06. The van der Waals surface area contributed by atoms with Crippen LogP contribution in [0.3, 0.4) is 0 Å². The molecule has 3 aromatic rings. The number of Topliss-reactive ketones (excluding diaryl/α,β-unsaturated/α-hetero) is 1. The molecule has 6 nitrogen and oxygen atoms in total. The SMILES string of the molecule is COc1ccc(C(=O)Nc2ccc(C(=O)OCC(=O)c3ccc(C)c(C)c3)cc2)cc1. The van der Waals surface area contributed by atoms with E-state index < -0.39 is 5.97 Å². The van der Waals surface area contributed by atoms with Gasteiger partial charge >= 0.3 is 5.97 Å². The lowest BCUT2D eigenvalue weighted by Crippen LogP contribution is -2.15. The Kier molecular flexibility index (Phi) is 6.82. The van der Waals surface area contributed by atoms with Gasteiger partial charge in [0.15, 0.2) is 12.4 Å². The van der Waals surface area contributed by atoms with E-state index in [-0.39, 0.29) is 23.9 Å². The number of aryl methyl sites for hydroxylation is 2. The fraction of sp³-hybridized carbons (Fsp3) is 0.160. The second-order valence-corrected chi connectivity index (χ2v) is 7.06.